The molecule has 0 saturated carbocycles. The Hall–Kier alpha value is -2.09. The number of nitrogens with one attached hydrogen (secondary N) is 1. The van der Waals surface area contributed by atoms with Gasteiger partial charge in [-0.2, -0.15) is 8.42 Å². The second-order valence-corrected chi connectivity index (χ2v) is 7.57. The number of hydrogen-bond acceptors (Lipinski definition) is 6. The maximum atomic E-state index is 12.3. The maximum Gasteiger partial charge on any atom is 0.317 e. The van der Waals surface area contributed by atoms with E-state index in [9.17, 15) is 8.42 Å². The van der Waals surface area contributed by atoms with Gasteiger partial charge in [-0.25, -0.2) is 5.48 Å². The van der Waals surface area contributed by atoms with Gasteiger partial charge in [0.2, 0.25) is 0 Å². The summed E-state index contributed by atoms with van der Waals surface area (Å²) in [5.41, 5.74) is 6.09. The lowest BCUT2D eigenvalue weighted by atomic mass is 10.1. The predicted molar refractivity (Wildman–Crippen MR) is 104 cm³/mol. The summed E-state index contributed by atoms with van der Waals surface area (Å²) in [4.78, 5) is 2.30. The minimum absolute atomic E-state index is 0.113. The van der Waals surface area contributed by atoms with Crippen LogP contribution in [0.3, 0.4) is 0 Å². The fourth-order valence-electron chi connectivity index (χ4n) is 2.48. The lowest BCUT2D eigenvalue weighted by molar-refractivity contribution is 0.205. The molecule has 0 aliphatic heterocycles. The zero-order valence-electron chi connectivity index (χ0n) is 15.7. The van der Waals surface area contributed by atoms with Gasteiger partial charge < -0.3 is 9.64 Å². The van der Waals surface area contributed by atoms with Crippen LogP contribution >= 0.6 is 0 Å². The lowest BCUT2D eigenvalue weighted by Gasteiger charge is -2.23. The number of hydrogen-bond donors (Lipinski definition) is 1. The Balaban J connectivity index is 2.09. The topological polar surface area (TPSA) is 67.9 Å². The SMILES string of the molecule is CCN(CCOC)c1ccc(NOS(=O)(=O)c2ccc(C)cc2)c(C)c1. The van der Waals surface area contributed by atoms with Crippen LogP contribution < -0.4 is 10.4 Å². The molecule has 0 saturated heterocycles. The Morgan fingerprint density at radius 2 is 1.77 bits per heavy atom. The number of ether oxygens (including phenoxy) is 1. The minimum Gasteiger partial charge on any atom is -0.383 e. The smallest absolute Gasteiger partial charge is 0.317 e. The van der Waals surface area contributed by atoms with Crippen LogP contribution in [0.15, 0.2) is 47.4 Å². The number of rotatable bonds is 9. The zero-order valence-corrected chi connectivity index (χ0v) is 16.5. The molecular weight excluding hydrogens is 352 g/mol. The van der Waals surface area contributed by atoms with E-state index in [-0.39, 0.29) is 4.90 Å². The molecular formula is C19H26N2O4S. The van der Waals surface area contributed by atoms with Gasteiger partial charge in [0, 0.05) is 25.9 Å². The van der Waals surface area contributed by atoms with E-state index in [1.165, 1.54) is 12.1 Å². The minimum atomic E-state index is -3.87. The zero-order chi connectivity index (χ0) is 19.2. The summed E-state index contributed by atoms with van der Waals surface area (Å²) in [7, 11) is -2.19. The molecule has 0 heterocycles. The molecule has 0 bridgehead atoms. The molecule has 2 rings (SSSR count). The van der Waals surface area contributed by atoms with E-state index >= 15 is 0 Å². The Kier molecular flexibility index (Phi) is 7.02. The number of nitrogens with zero attached hydrogens (tertiary/aromatic N) is 1. The van der Waals surface area contributed by atoms with Gasteiger partial charge in [-0.15, -0.1) is 4.28 Å². The Morgan fingerprint density at radius 1 is 1.08 bits per heavy atom. The van der Waals surface area contributed by atoms with Crippen molar-refractivity contribution in [2.45, 2.75) is 25.7 Å². The number of aryl methyl sites for hydroxylation is 2. The molecule has 26 heavy (non-hydrogen) atoms. The van der Waals surface area contributed by atoms with Crippen LogP contribution in [-0.4, -0.2) is 35.2 Å². The fraction of sp³-hybridized carbons (Fsp3) is 0.368. The molecule has 1 N–H and O–H groups in total. The van der Waals surface area contributed by atoms with Crippen LogP contribution in [-0.2, 0) is 19.1 Å². The van der Waals surface area contributed by atoms with E-state index in [1.807, 2.05) is 32.0 Å². The first-order valence-electron chi connectivity index (χ1n) is 8.48. The third-order valence-corrected chi connectivity index (χ3v) is 5.25. The first kappa shape index (κ1) is 20.2. The largest absolute Gasteiger partial charge is 0.383 e. The third kappa shape index (κ3) is 5.20. The molecule has 2 aromatic carbocycles. The van der Waals surface area contributed by atoms with Crippen molar-refractivity contribution >= 4 is 21.5 Å². The second kappa shape index (κ2) is 9.02. The molecule has 0 spiro atoms. The van der Waals surface area contributed by atoms with Gasteiger partial charge in [0.1, 0.15) is 0 Å². The number of anilines is 2. The summed E-state index contributed by atoms with van der Waals surface area (Å²) in [5.74, 6) is 0. The molecule has 142 valence electrons. The van der Waals surface area contributed by atoms with Crippen molar-refractivity contribution in [2.75, 3.05) is 37.2 Å². The molecule has 6 nitrogen and oxygen atoms in total. The number of likely N-dealkylation sites (N-methyl/N-ethyl adjacent to an activating group) is 1. The van der Waals surface area contributed by atoms with Crippen molar-refractivity contribution in [2.24, 2.45) is 0 Å². The van der Waals surface area contributed by atoms with Crippen molar-refractivity contribution in [3.05, 3.63) is 53.6 Å². The lowest BCUT2D eigenvalue weighted by Crippen LogP contribution is -2.26. The molecule has 0 amide bonds. The highest BCUT2D eigenvalue weighted by atomic mass is 32.2. The van der Waals surface area contributed by atoms with Gasteiger partial charge >= 0.3 is 10.1 Å². The molecule has 0 unspecified atom stereocenters. The Bertz CT molecular complexity index is 820. The summed E-state index contributed by atoms with van der Waals surface area (Å²) in [6.45, 7) is 8.16. The monoisotopic (exact) mass is 378 g/mol. The van der Waals surface area contributed by atoms with Gasteiger partial charge in [-0.1, -0.05) is 17.7 Å². The summed E-state index contributed by atoms with van der Waals surface area (Å²) in [6, 6.07) is 12.2. The van der Waals surface area contributed by atoms with Crippen molar-refractivity contribution in [1.82, 2.24) is 0 Å². The summed E-state index contributed by atoms with van der Waals surface area (Å²) in [5, 5.41) is 0. The highest BCUT2D eigenvalue weighted by Crippen LogP contribution is 2.24. The first-order chi connectivity index (χ1) is 12.4. The van der Waals surface area contributed by atoms with Crippen LogP contribution in [0.25, 0.3) is 0 Å². The average molecular weight is 378 g/mol. The maximum absolute atomic E-state index is 12.3. The van der Waals surface area contributed by atoms with Crippen LogP contribution in [0.2, 0.25) is 0 Å². The van der Waals surface area contributed by atoms with Gasteiger partial charge in [0.05, 0.1) is 17.2 Å². The highest BCUT2D eigenvalue weighted by Gasteiger charge is 2.16. The van der Waals surface area contributed by atoms with E-state index in [1.54, 1.807) is 19.2 Å². The Labute approximate surface area is 155 Å². The normalized spacial score (nSPS) is 11.4. The molecule has 0 radical (unpaired) electrons. The van der Waals surface area contributed by atoms with Crippen molar-refractivity contribution < 1.29 is 17.4 Å². The van der Waals surface area contributed by atoms with E-state index in [0.29, 0.717) is 12.3 Å². The second-order valence-electron chi connectivity index (χ2n) is 6.02. The van der Waals surface area contributed by atoms with E-state index < -0.39 is 10.1 Å². The predicted octanol–water partition coefficient (Wildman–Crippen LogP) is 3.51. The quantitative estimate of drug-likeness (QED) is 0.674. The van der Waals surface area contributed by atoms with Gasteiger partial charge in [0.25, 0.3) is 0 Å². The summed E-state index contributed by atoms with van der Waals surface area (Å²) >= 11 is 0. The molecule has 7 heteroatoms. The highest BCUT2D eigenvalue weighted by molar-refractivity contribution is 7.86. The van der Waals surface area contributed by atoms with E-state index in [4.69, 9.17) is 9.02 Å². The van der Waals surface area contributed by atoms with Crippen LogP contribution in [0.1, 0.15) is 18.1 Å². The standard InChI is InChI=1S/C19H26N2O4S/c1-5-21(12-13-24-4)17-8-11-19(16(3)14-17)20-25-26(22,23)18-9-6-15(2)7-10-18/h6-11,14,20H,5,12-13H2,1-4H3. The molecule has 0 atom stereocenters. The molecule has 0 aliphatic carbocycles. The van der Waals surface area contributed by atoms with Crippen LogP contribution in [0, 0.1) is 13.8 Å². The average Bonchev–Trinajstić information content (AvgIpc) is 2.62. The van der Waals surface area contributed by atoms with Crippen molar-refractivity contribution in [3.63, 3.8) is 0 Å². The van der Waals surface area contributed by atoms with Gasteiger partial charge in [0.15, 0.2) is 0 Å². The van der Waals surface area contributed by atoms with Crippen LogP contribution in [0.4, 0.5) is 11.4 Å². The molecule has 2 aromatic rings. The van der Waals surface area contributed by atoms with Crippen LogP contribution in [0.5, 0.6) is 0 Å². The first-order valence-corrected chi connectivity index (χ1v) is 9.89. The molecule has 0 aromatic heterocycles. The molecule has 0 fully saturated rings. The third-order valence-electron chi connectivity index (χ3n) is 4.09. The van der Waals surface area contributed by atoms with Crippen molar-refractivity contribution in [1.29, 1.82) is 0 Å². The van der Waals surface area contributed by atoms with Gasteiger partial charge in [-0.3, -0.25) is 0 Å². The summed E-state index contributed by atoms with van der Waals surface area (Å²) < 4.78 is 34.7. The van der Waals surface area contributed by atoms with Crippen molar-refractivity contribution in [3.8, 4) is 0 Å². The molecule has 0 aliphatic rings. The van der Waals surface area contributed by atoms with E-state index in [2.05, 4.69) is 17.3 Å². The number of benzene rings is 2. The Morgan fingerprint density at radius 3 is 2.35 bits per heavy atom. The van der Waals surface area contributed by atoms with Gasteiger partial charge in [-0.05, 0) is 56.7 Å². The number of methoxy groups -OCH3 is 1. The van der Waals surface area contributed by atoms with E-state index in [0.717, 1.165) is 29.9 Å². The summed E-state index contributed by atoms with van der Waals surface area (Å²) in [6.07, 6.45) is 0. The fourth-order valence-corrected chi connectivity index (χ4v) is 3.25.